The van der Waals surface area contributed by atoms with Gasteiger partial charge in [-0.15, -0.1) is 10.2 Å². The van der Waals surface area contributed by atoms with Crippen LogP contribution in [0.15, 0.2) is 24.3 Å². The van der Waals surface area contributed by atoms with E-state index >= 15 is 0 Å². The molecule has 0 bridgehead atoms. The third kappa shape index (κ3) is 2.81. The highest BCUT2D eigenvalue weighted by Gasteiger charge is 2.16. The van der Waals surface area contributed by atoms with Crippen LogP contribution < -0.4 is 4.74 Å². The number of fused-ring (bicyclic) bond motifs is 1. The maximum Gasteiger partial charge on any atom is 0.241 e. The smallest absolute Gasteiger partial charge is 0.241 e. The van der Waals surface area contributed by atoms with E-state index in [2.05, 4.69) is 10.2 Å². The number of hydrogen-bond donors (Lipinski definition) is 0. The molecular weight excluding hydrogens is 260 g/mol. The molecule has 1 aliphatic carbocycles. The van der Waals surface area contributed by atoms with E-state index in [1.54, 1.807) is 0 Å². The Bertz CT molecular complexity index is 565. The number of benzene rings is 1. The largest absolute Gasteiger partial charge is 0.473 e. The van der Waals surface area contributed by atoms with Crippen LogP contribution in [0, 0.1) is 0 Å². The van der Waals surface area contributed by atoms with Gasteiger partial charge in [0.25, 0.3) is 0 Å². The number of halogens is 1. The van der Waals surface area contributed by atoms with Crippen molar-refractivity contribution in [1.29, 1.82) is 0 Å². The van der Waals surface area contributed by atoms with E-state index in [0.29, 0.717) is 11.0 Å². The van der Waals surface area contributed by atoms with Crippen molar-refractivity contribution >= 4 is 22.4 Å². The van der Waals surface area contributed by atoms with Crippen LogP contribution in [0.5, 0.6) is 5.88 Å². The van der Waals surface area contributed by atoms with Gasteiger partial charge in [0.05, 0.1) is 0 Å². The molecule has 1 saturated carbocycles. The minimum Gasteiger partial charge on any atom is -0.473 e. The van der Waals surface area contributed by atoms with Gasteiger partial charge >= 0.3 is 0 Å². The summed E-state index contributed by atoms with van der Waals surface area (Å²) in [7, 11) is 0. The Labute approximate surface area is 117 Å². The Balaban J connectivity index is 1.90. The molecule has 0 atom stereocenters. The molecule has 1 aromatic heterocycles. The first-order chi connectivity index (χ1) is 9.34. The second kappa shape index (κ2) is 5.74. The average molecular weight is 277 g/mol. The summed E-state index contributed by atoms with van der Waals surface area (Å²) in [6.45, 7) is 0. The van der Waals surface area contributed by atoms with E-state index in [-0.39, 0.29) is 6.10 Å². The lowest BCUT2D eigenvalue weighted by atomic mass is 10.1. The molecule has 0 radical (unpaired) electrons. The molecule has 0 spiro atoms. The van der Waals surface area contributed by atoms with Gasteiger partial charge in [0.1, 0.15) is 6.10 Å². The molecule has 1 aliphatic rings. The summed E-state index contributed by atoms with van der Waals surface area (Å²) >= 11 is 6.07. The summed E-state index contributed by atoms with van der Waals surface area (Å²) in [6.07, 6.45) is 7.59. The van der Waals surface area contributed by atoms with E-state index in [1.807, 2.05) is 24.3 Å². The van der Waals surface area contributed by atoms with Crippen molar-refractivity contribution in [1.82, 2.24) is 10.2 Å². The summed E-state index contributed by atoms with van der Waals surface area (Å²) in [5.41, 5.74) is 0. The van der Waals surface area contributed by atoms with Gasteiger partial charge in [-0.3, -0.25) is 0 Å². The molecule has 2 aromatic rings. The SMILES string of the molecule is Clc1nnc(OC2CCCCCC2)c2ccccc12. The van der Waals surface area contributed by atoms with Crippen LogP contribution in [0.3, 0.4) is 0 Å². The Morgan fingerprint density at radius 3 is 2.37 bits per heavy atom. The molecule has 4 heteroatoms. The molecule has 1 aromatic carbocycles. The zero-order chi connectivity index (χ0) is 13.1. The molecule has 1 fully saturated rings. The van der Waals surface area contributed by atoms with Crippen molar-refractivity contribution in [2.75, 3.05) is 0 Å². The molecule has 3 rings (SSSR count). The first-order valence-electron chi connectivity index (χ1n) is 6.92. The minimum absolute atomic E-state index is 0.265. The number of rotatable bonds is 2. The van der Waals surface area contributed by atoms with Gasteiger partial charge in [0, 0.05) is 10.8 Å². The van der Waals surface area contributed by atoms with Crippen molar-refractivity contribution in [2.45, 2.75) is 44.6 Å². The summed E-state index contributed by atoms with van der Waals surface area (Å²) in [6, 6.07) is 7.86. The van der Waals surface area contributed by atoms with Crippen LogP contribution in [-0.2, 0) is 0 Å². The predicted molar refractivity (Wildman–Crippen MR) is 76.7 cm³/mol. The van der Waals surface area contributed by atoms with Crippen LogP contribution in [0.25, 0.3) is 10.8 Å². The number of aromatic nitrogens is 2. The van der Waals surface area contributed by atoms with Gasteiger partial charge in [-0.2, -0.15) is 0 Å². The maximum atomic E-state index is 6.07. The second-order valence-corrected chi connectivity index (χ2v) is 5.43. The van der Waals surface area contributed by atoms with Crippen molar-refractivity contribution in [2.24, 2.45) is 0 Å². The Kier molecular flexibility index (Phi) is 3.83. The van der Waals surface area contributed by atoms with Gasteiger partial charge < -0.3 is 4.74 Å². The van der Waals surface area contributed by atoms with Crippen molar-refractivity contribution < 1.29 is 4.74 Å². The molecule has 0 saturated heterocycles. The highest BCUT2D eigenvalue weighted by molar-refractivity contribution is 6.34. The third-order valence-corrected chi connectivity index (χ3v) is 3.97. The van der Waals surface area contributed by atoms with Crippen LogP contribution in [0.2, 0.25) is 5.15 Å². The molecule has 3 nitrogen and oxygen atoms in total. The lowest BCUT2D eigenvalue weighted by Crippen LogP contribution is -2.16. The van der Waals surface area contributed by atoms with E-state index in [0.717, 1.165) is 23.6 Å². The highest BCUT2D eigenvalue weighted by Crippen LogP contribution is 2.29. The van der Waals surface area contributed by atoms with Gasteiger partial charge in [0.15, 0.2) is 5.15 Å². The summed E-state index contributed by atoms with van der Waals surface area (Å²) in [5.74, 6) is 0.618. The number of ether oxygens (including phenoxy) is 1. The molecule has 0 unspecified atom stereocenters. The molecule has 0 aliphatic heterocycles. The maximum absolute atomic E-state index is 6.07. The first-order valence-corrected chi connectivity index (χ1v) is 7.30. The molecule has 19 heavy (non-hydrogen) atoms. The monoisotopic (exact) mass is 276 g/mol. The summed E-state index contributed by atoms with van der Waals surface area (Å²) in [5, 5.41) is 10.4. The van der Waals surface area contributed by atoms with Crippen molar-refractivity contribution in [3.8, 4) is 5.88 Å². The van der Waals surface area contributed by atoms with Crippen molar-refractivity contribution in [3.05, 3.63) is 29.4 Å². The Hall–Kier alpha value is -1.35. The summed E-state index contributed by atoms with van der Waals surface area (Å²) in [4.78, 5) is 0. The quantitative estimate of drug-likeness (QED) is 0.763. The van der Waals surface area contributed by atoms with Crippen molar-refractivity contribution in [3.63, 3.8) is 0 Å². The second-order valence-electron chi connectivity index (χ2n) is 5.07. The highest BCUT2D eigenvalue weighted by atomic mass is 35.5. The van der Waals surface area contributed by atoms with Gasteiger partial charge in [-0.1, -0.05) is 42.6 Å². The molecular formula is C15H17ClN2O. The van der Waals surface area contributed by atoms with Crippen LogP contribution in [-0.4, -0.2) is 16.3 Å². The normalized spacial score (nSPS) is 17.3. The van der Waals surface area contributed by atoms with E-state index < -0.39 is 0 Å². The third-order valence-electron chi connectivity index (χ3n) is 3.69. The molecule has 0 amide bonds. The van der Waals surface area contributed by atoms with Gasteiger partial charge in [0.2, 0.25) is 5.88 Å². The minimum atomic E-state index is 0.265. The molecule has 1 heterocycles. The number of hydrogen-bond acceptors (Lipinski definition) is 3. The fourth-order valence-electron chi connectivity index (χ4n) is 2.65. The predicted octanol–water partition coefficient (Wildman–Crippen LogP) is 4.38. The van der Waals surface area contributed by atoms with E-state index in [9.17, 15) is 0 Å². The van der Waals surface area contributed by atoms with E-state index in [4.69, 9.17) is 16.3 Å². The Morgan fingerprint density at radius 1 is 0.947 bits per heavy atom. The number of nitrogens with zero attached hydrogens (tertiary/aromatic N) is 2. The average Bonchev–Trinajstić information content (AvgIpc) is 2.71. The van der Waals surface area contributed by atoms with Crippen LogP contribution in [0.1, 0.15) is 38.5 Å². The molecule has 100 valence electrons. The lowest BCUT2D eigenvalue weighted by molar-refractivity contribution is 0.177. The lowest BCUT2D eigenvalue weighted by Gasteiger charge is -2.17. The summed E-state index contributed by atoms with van der Waals surface area (Å²) < 4.78 is 6.07. The standard InChI is InChI=1S/C15H17ClN2O/c16-14-12-9-5-6-10-13(12)15(18-17-14)19-11-7-3-1-2-4-8-11/h5-6,9-11H,1-4,7-8H2. The van der Waals surface area contributed by atoms with Crippen LogP contribution >= 0.6 is 11.6 Å². The molecule has 0 N–H and O–H groups in total. The first kappa shape index (κ1) is 12.7. The topological polar surface area (TPSA) is 35.0 Å². The van der Waals surface area contributed by atoms with Gasteiger partial charge in [-0.05, 0) is 31.7 Å². The Morgan fingerprint density at radius 2 is 1.63 bits per heavy atom. The van der Waals surface area contributed by atoms with Crippen LogP contribution in [0.4, 0.5) is 0 Å². The zero-order valence-electron chi connectivity index (χ0n) is 10.8. The zero-order valence-corrected chi connectivity index (χ0v) is 11.6. The fraction of sp³-hybridized carbons (Fsp3) is 0.467. The fourth-order valence-corrected chi connectivity index (χ4v) is 2.85. The van der Waals surface area contributed by atoms with Gasteiger partial charge in [-0.25, -0.2) is 0 Å². The van der Waals surface area contributed by atoms with E-state index in [1.165, 1.54) is 25.7 Å².